The predicted octanol–water partition coefficient (Wildman–Crippen LogP) is 4.00. The third-order valence-corrected chi connectivity index (χ3v) is 8.47. The summed E-state index contributed by atoms with van der Waals surface area (Å²) in [5.74, 6) is 0.464. The number of nitrogens with one attached hydrogen (secondary N) is 2. The van der Waals surface area contributed by atoms with E-state index in [4.69, 9.17) is 4.74 Å². The topological polar surface area (TPSA) is 90.9 Å². The first-order chi connectivity index (χ1) is 17.3. The van der Waals surface area contributed by atoms with Crippen LogP contribution in [-0.2, 0) is 4.79 Å². The number of methoxy groups -OCH3 is 1. The number of aryl methyl sites for hydroxylation is 1. The molecule has 36 heavy (non-hydrogen) atoms. The number of carbonyl (C=O) groups is 2. The van der Waals surface area contributed by atoms with Crippen molar-refractivity contribution in [1.82, 2.24) is 10.2 Å². The second-order valence-corrected chi connectivity index (χ2v) is 11.3. The molecule has 0 fully saturated rings. The number of ether oxygens (including phenoxy) is 1. The summed E-state index contributed by atoms with van der Waals surface area (Å²) in [6.07, 6.45) is 1.90. The second kappa shape index (κ2) is 11.2. The number of fused-ring (bicyclic) bond motifs is 1. The molecule has 2 aromatic carbocycles. The third-order valence-electron chi connectivity index (χ3n) is 6.37. The molecule has 3 aromatic rings. The van der Waals surface area contributed by atoms with E-state index in [9.17, 15) is 14.7 Å². The molecule has 0 bridgehead atoms. The molecule has 2 heterocycles. The molecular formula is C28H31N3O4Se. The Morgan fingerprint density at radius 2 is 1.89 bits per heavy atom. The van der Waals surface area contributed by atoms with Gasteiger partial charge in [-0.15, -0.1) is 0 Å². The van der Waals surface area contributed by atoms with Crippen LogP contribution in [0, 0.1) is 6.92 Å². The van der Waals surface area contributed by atoms with Gasteiger partial charge in [0.25, 0.3) is 0 Å². The van der Waals surface area contributed by atoms with Crippen LogP contribution in [-0.4, -0.2) is 69.6 Å². The van der Waals surface area contributed by atoms with Crippen molar-refractivity contribution in [3.8, 4) is 22.6 Å². The molecule has 8 heteroatoms. The van der Waals surface area contributed by atoms with Crippen molar-refractivity contribution < 1.29 is 19.4 Å². The first-order valence-electron chi connectivity index (χ1n) is 12.0. The predicted molar refractivity (Wildman–Crippen MR) is 145 cm³/mol. The minimum absolute atomic E-state index is 0.0130. The summed E-state index contributed by atoms with van der Waals surface area (Å²) in [5, 5.41) is 15.7. The van der Waals surface area contributed by atoms with E-state index in [1.807, 2.05) is 37.3 Å². The van der Waals surface area contributed by atoms with E-state index >= 15 is 0 Å². The number of benzene rings is 2. The van der Waals surface area contributed by atoms with Crippen LogP contribution < -0.4 is 15.4 Å². The molecule has 188 valence electrons. The fourth-order valence-electron chi connectivity index (χ4n) is 4.33. The van der Waals surface area contributed by atoms with E-state index in [1.165, 1.54) is 0 Å². The van der Waals surface area contributed by atoms with Gasteiger partial charge < -0.3 is 0 Å². The Bertz CT molecular complexity index is 1320. The van der Waals surface area contributed by atoms with Gasteiger partial charge in [0.05, 0.1) is 0 Å². The fraction of sp³-hybridized carbons (Fsp3) is 0.286. The van der Waals surface area contributed by atoms with Gasteiger partial charge in [0.2, 0.25) is 0 Å². The normalized spacial score (nSPS) is 13.7. The molecule has 3 N–H and O–H groups in total. The van der Waals surface area contributed by atoms with Crippen LogP contribution in [0.2, 0.25) is 0 Å². The number of carbonyl (C=O) groups excluding carboxylic acids is 2. The van der Waals surface area contributed by atoms with Crippen LogP contribution in [0.1, 0.15) is 38.6 Å². The van der Waals surface area contributed by atoms with Gasteiger partial charge in [0, 0.05) is 0 Å². The molecule has 0 atom stereocenters. The number of anilines is 1. The van der Waals surface area contributed by atoms with Gasteiger partial charge in [0.1, 0.15) is 0 Å². The SMILES string of the molecule is CCN(CC)CCNC(=O)c1cc(C=C2C(=O)Nc3cc(-c4ccc(O)cc4OC)ccc32)[se]c1C. The monoisotopic (exact) mass is 553 g/mol. The van der Waals surface area contributed by atoms with Gasteiger partial charge in [-0.3, -0.25) is 0 Å². The molecule has 0 saturated heterocycles. The minimum atomic E-state index is -0.161. The summed E-state index contributed by atoms with van der Waals surface area (Å²) < 4.78 is 7.47. The van der Waals surface area contributed by atoms with Crippen LogP contribution in [0.15, 0.2) is 42.5 Å². The number of hydrogen-bond acceptors (Lipinski definition) is 5. The molecule has 1 aliphatic heterocycles. The number of phenols is 1. The Morgan fingerprint density at radius 1 is 1.14 bits per heavy atom. The number of amides is 2. The molecule has 0 spiro atoms. The summed E-state index contributed by atoms with van der Waals surface area (Å²) in [5.41, 5.74) is 4.55. The molecule has 0 unspecified atom stereocenters. The molecule has 4 rings (SSSR count). The van der Waals surface area contributed by atoms with E-state index in [2.05, 4.69) is 29.4 Å². The maximum atomic E-state index is 12.8. The molecule has 2 amide bonds. The molecule has 0 radical (unpaired) electrons. The summed E-state index contributed by atoms with van der Waals surface area (Å²) in [6.45, 7) is 9.57. The Morgan fingerprint density at radius 3 is 2.61 bits per heavy atom. The van der Waals surface area contributed by atoms with Crippen molar-refractivity contribution in [3.05, 3.63) is 62.5 Å². The van der Waals surface area contributed by atoms with E-state index < -0.39 is 0 Å². The zero-order valence-electron chi connectivity index (χ0n) is 21.0. The molecular weight excluding hydrogens is 521 g/mol. The quantitative estimate of drug-likeness (QED) is 0.276. The molecule has 7 nitrogen and oxygen atoms in total. The molecule has 0 aliphatic carbocycles. The second-order valence-electron chi connectivity index (χ2n) is 8.56. The van der Waals surface area contributed by atoms with Gasteiger partial charge in [-0.2, -0.15) is 0 Å². The van der Waals surface area contributed by atoms with Gasteiger partial charge in [-0.1, -0.05) is 0 Å². The average Bonchev–Trinajstić information content (AvgIpc) is 3.39. The van der Waals surface area contributed by atoms with E-state index in [1.54, 1.807) is 25.3 Å². The number of likely N-dealkylation sites (N-methyl/N-ethyl adjacent to an activating group) is 1. The fourth-order valence-corrected chi connectivity index (χ4v) is 6.36. The molecule has 1 aromatic heterocycles. The zero-order chi connectivity index (χ0) is 25.8. The van der Waals surface area contributed by atoms with Crippen LogP contribution in [0.25, 0.3) is 22.8 Å². The number of rotatable bonds is 9. The Balaban J connectivity index is 1.55. The summed E-state index contributed by atoms with van der Waals surface area (Å²) in [7, 11) is 1.56. The summed E-state index contributed by atoms with van der Waals surface area (Å²) in [6, 6.07) is 12.6. The van der Waals surface area contributed by atoms with Crippen molar-refractivity contribution in [3.63, 3.8) is 0 Å². The third kappa shape index (κ3) is 5.41. The van der Waals surface area contributed by atoms with Crippen LogP contribution in [0.3, 0.4) is 0 Å². The van der Waals surface area contributed by atoms with Crippen molar-refractivity contribution in [2.45, 2.75) is 20.8 Å². The van der Waals surface area contributed by atoms with Gasteiger partial charge >= 0.3 is 218 Å². The van der Waals surface area contributed by atoms with E-state index in [-0.39, 0.29) is 32.1 Å². The average molecular weight is 553 g/mol. The van der Waals surface area contributed by atoms with E-state index in [0.29, 0.717) is 23.4 Å². The Hall–Kier alpha value is -3.32. The van der Waals surface area contributed by atoms with E-state index in [0.717, 1.165) is 50.9 Å². The van der Waals surface area contributed by atoms with Gasteiger partial charge in [-0.05, 0) is 0 Å². The van der Waals surface area contributed by atoms with Crippen LogP contribution >= 0.6 is 0 Å². The first kappa shape index (κ1) is 25.8. The Labute approximate surface area is 217 Å². The van der Waals surface area contributed by atoms with Gasteiger partial charge in [0.15, 0.2) is 0 Å². The summed E-state index contributed by atoms with van der Waals surface area (Å²) >= 11 is -0.0130. The van der Waals surface area contributed by atoms with Crippen molar-refractivity contribution in [1.29, 1.82) is 0 Å². The maximum absolute atomic E-state index is 12.8. The first-order valence-corrected chi connectivity index (χ1v) is 13.7. The van der Waals surface area contributed by atoms with Crippen LogP contribution in [0.4, 0.5) is 5.69 Å². The zero-order valence-corrected chi connectivity index (χ0v) is 22.7. The molecule has 0 saturated carbocycles. The van der Waals surface area contributed by atoms with Crippen LogP contribution in [0.5, 0.6) is 11.5 Å². The molecule has 1 aliphatic rings. The Kier molecular flexibility index (Phi) is 7.99. The number of phenolic OH excluding ortho intramolecular Hbond substituents is 1. The van der Waals surface area contributed by atoms with Gasteiger partial charge in [-0.25, -0.2) is 0 Å². The number of nitrogens with zero attached hydrogens (tertiary/aromatic N) is 1. The number of hydrogen-bond donors (Lipinski definition) is 3. The number of aromatic hydroxyl groups is 1. The van der Waals surface area contributed by atoms with Crippen molar-refractivity contribution in [2.75, 3.05) is 38.6 Å². The summed E-state index contributed by atoms with van der Waals surface area (Å²) in [4.78, 5) is 27.9. The standard InChI is InChI=1S/C28H31N3O4Se/c1-5-31(6-2)12-11-29-27(33)23-15-20(36-17(23)3)16-24-22-9-7-18(13-25(22)30-28(24)34)21-10-8-19(32)14-26(21)35-4/h7-10,13-16,32H,5-6,11-12H2,1-4H3,(H,29,33)(H,30,34). The van der Waals surface area contributed by atoms with Crippen molar-refractivity contribution >= 4 is 43.7 Å². The van der Waals surface area contributed by atoms with Crippen molar-refractivity contribution in [2.24, 2.45) is 0 Å².